The fourth-order valence-corrected chi connectivity index (χ4v) is 4.99. The van der Waals surface area contributed by atoms with Gasteiger partial charge in [-0.2, -0.15) is 0 Å². The number of aromatic nitrogens is 4. The molecule has 1 aliphatic carbocycles. The van der Waals surface area contributed by atoms with Crippen molar-refractivity contribution in [2.75, 3.05) is 31.1 Å². The summed E-state index contributed by atoms with van der Waals surface area (Å²) >= 11 is 1.74. The van der Waals surface area contributed by atoms with Crippen LogP contribution >= 0.6 is 11.3 Å². The van der Waals surface area contributed by atoms with Gasteiger partial charge in [-0.3, -0.25) is 4.90 Å². The highest BCUT2D eigenvalue weighted by Gasteiger charge is 2.34. The van der Waals surface area contributed by atoms with Crippen molar-refractivity contribution in [1.82, 2.24) is 24.6 Å². The first kappa shape index (κ1) is 15.8. The van der Waals surface area contributed by atoms with Crippen LogP contribution in [0.3, 0.4) is 0 Å². The Bertz CT molecular complexity index is 693. The molecule has 0 unspecified atom stereocenters. The van der Waals surface area contributed by atoms with Crippen molar-refractivity contribution in [3.63, 3.8) is 0 Å². The van der Waals surface area contributed by atoms with E-state index in [1.165, 1.54) is 50.4 Å². The molecule has 0 aromatic carbocycles. The van der Waals surface area contributed by atoms with E-state index in [1.54, 1.807) is 11.3 Å². The van der Waals surface area contributed by atoms with Crippen LogP contribution in [0.25, 0.3) is 0 Å². The molecular weight excluding hydrogens is 332 g/mol. The van der Waals surface area contributed by atoms with E-state index in [-0.39, 0.29) is 0 Å². The molecule has 0 N–H and O–H groups in total. The van der Waals surface area contributed by atoms with E-state index >= 15 is 0 Å². The molecule has 2 aromatic heterocycles. The second-order valence-electron chi connectivity index (χ2n) is 7.63. The third-order valence-corrected chi connectivity index (χ3v) is 6.65. The van der Waals surface area contributed by atoms with E-state index in [0.717, 1.165) is 37.6 Å². The molecule has 0 bridgehead atoms. The first-order valence-corrected chi connectivity index (χ1v) is 10.6. The van der Waals surface area contributed by atoms with Gasteiger partial charge in [0.2, 0.25) is 0 Å². The van der Waals surface area contributed by atoms with Gasteiger partial charge in [-0.15, -0.1) is 21.5 Å². The van der Waals surface area contributed by atoms with Gasteiger partial charge in [0, 0.05) is 36.6 Å². The Balaban J connectivity index is 1.31. The largest absolute Gasteiger partial charge is 0.348 e. The summed E-state index contributed by atoms with van der Waals surface area (Å²) in [5, 5.41) is 12.5. The molecule has 5 rings (SSSR count). The average Bonchev–Trinajstić information content (AvgIpc) is 3.09. The van der Waals surface area contributed by atoms with Crippen molar-refractivity contribution in [2.45, 2.75) is 57.0 Å². The smallest absolute Gasteiger partial charge is 0.185 e. The predicted octanol–water partition coefficient (Wildman–Crippen LogP) is 3.05. The van der Waals surface area contributed by atoms with E-state index < -0.39 is 0 Å². The lowest BCUT2D eigenvalue weighted by Gasteiger charge is -2.31. The van der Waals surface area contributed by atoms with E-state index in [2.05, 4.69) is 34.9 Å². The molecule has 4 heterocycles. The van der Waals surface area contributed by atoms with Crippen LogP contribution in [0, 0.1) is 0 Å². The normalized spacial score (nSPS) is 22.8. The Labute approximate surface area is 152 Å². The number of hydrogen-bond acceptors (Lipinski definition) is 6. The van der Waals surface area contributed by atoms with Gasteiger partial charge in [0.1, 0.15) is 11.6 Å². The monoisotopic (exact) mass is 358 g/mol. The Morgan fingerprint density at radius 1 is 1.00 bits per heavy atom. The highest BCUT2D eigenvalue weighted by molar-refractivity contribution is 7.13. The number of hydrogen-bond donors (Lipinski definition) is 0. The SMILES string of the molecule is c1csc(N2CCC(c3nnc(CN4CCCC4)n3C3CC3)CC2)n1. The number of nitrogens with zero attached hydrogens (tertiary/aromatic N) is 6. The Hall–Kier alpha value is -1.47. The van der Waals surface area contributed by atoms with Crippen LogP contribution in [-0.2, 0) is 6.54 Å². The van der Waals surface area contributed by atoms with Crippen LogP contribution in [0.4, 0.5) is 5.13 Å². The summed E-state index contributed by atoms with van der Waals surface area (Å²) in [4.78, 5) is 9.42. The fraction of sp³-hybridized carbons (Fsp3) is 0.722. The number of likely N-dealkylation sites (tertiary alicyclic amines) is 1. The molecule has 2 saturated heterocycles. The Kier molecular flexibility index (Phi) is 4.21. The third-order valence-electron chi connectivity index (χ3n) is 5.82. The van der Waals surface area contributed by atoms with Gasteiger partial charge in [-0.25, -0.2) is 4.98 Å². The number of anilines is 1. The van der Waals surface area contributed by atoms with E-state index in [1.807, 2.05) is 6.20 Å². The molecule has 1 saturated carbocycles. The molecule has 0 amide bonds. The predicted molar refractivity (Wildman–Crippen MR) is 99.1 cm³/mol. The molecule has 0 radical (unpaired) electrons. The van der Waals surface area contributed by atoms with Crippen molar-refractivity contribution in [3.8, 4) is 0 Å². The summed E-state index contributed by atoms with van der Waals surface area (Å²) in [5.41, 5.74) is 0. The first-order valence-electron chi connectivity index (χ1n) is 9.69. The van der Waals surface area contributed by atoms with Gasteiger partial charge in [0.05, 0.1) is 6.54 Å². The topological polar surface area (TPSA) is 50.1 Å². The van der Waals surface area contributed by atoms with Crippen LogP contribution in [0.15, 0.2) is 11.6 Å². The first-order chi connectivity index (χ1) is 12.4. The zero-order valence-corrected chi connectivity index (χ0v) is 15.5. The molecule has 2 aliphatic heterocycles. The second-order valence-corrected chi connectivity index (χ2v) is 8.51. The molecular formula is C18H26N6S. The van der Waals surface area contributed by atoms with E-state index in [4.69, 9.17) is 0 Å². The van der Waals surface area contributed by atoms with Crippen molar-refractivity contribution in [2.24, 2.45) is 0 Å². The summed E-state index contributed by atoms with van der Waals surface area (Å²) in [6.45, 7) is 5.59. The van der Waals surface area contributed by atoms with Crippen molar-refractivity contribution in [1.29, 1.82) is 0 Å². The molecule has 0 spiro atoms. The molecule has 0 atom stereocenters. The molecule has 7 heteroatoms. The van der Waals surface area contributed by atoms with E-state index in [9.17, 15) is 0 Å². The molecule has 25 heavy (non-hydrogen) atoms. The summed E-state index contributed by atoms with van der Waals surface area (Å²) in [6.07, 6.45) is 9.49. The van der Waals surface area contributed by atoms with Gasteiger partial charge in [0.15, 0.2) is 5.13 Å². The molecule has 6 nitrogen and oxygen atoms in total. The van der Waals surface area contributed by atoms with Crippen molar-refractivity contribution < 1.29 is 0 Å². The van der Waals surface area contributed by atoms with Gasteiger partial charge >= 0.3 is 0 Å². The lowest BCUT2D eigenvalue weighted by atomic mass is 9.96. The standard InChI is InChI=1S/C18H26N6S/c1-2-9-22(8-1)13-16-20-21-17(24(16)15-3-4-15)14-5-10-23(11-6-14)18-19-7-12-25-18/h7,12,14-15H,1-6,8-11,13H2. The molecule has 3 aliphatic rings. The summed E-state index contributed by atoms with van der Waals surface area (Å²) < 4.78 is 2.52. The minimum Gasteiger partial charge on any atom is -0.348 e. The highest BCUT2D eigenvalue weighted by atomic mass is 32.1. The fourth-order valence-electron chi connectivity index (χ4n) is 4.30. The zero-order valence-electron chi connectivity index (χ0n) is 14.7. The lowest BCUT2D eigenvalue weighted by molar-refractivity contribution is 0.314. The van der Waals surface area contributed by atoms with Gasteiger partial charge in [0.25, 0.3) is 0 Å². The van der Waals surface area contributed by atoms with Crippen LogP contribution in [0.5, 0.6) is 0 Å². The third kappa shape index (κ3) is 3.19. The second kappa shape index (κ2) is 6.68. The Morgan fingerprint density at radius 3 is 2.48 bits per heavy atom. The van der Waals surface area contributed by atoms with Crippen LogP contribution in [0.1, 0.15) is 62.1 Å². The zero-order chi connectivity index (χ0) is 16.6. The highest BCUT2D eigenvalue weighted by Crippen LogP contribution is 2.40. The van der Waals surface area contributed by atoms with Crippen molar-refractivity contribution in [3.05, 3.63) is 23.2 Å². The van der Waals surface area contributed by atoms with Crippen LogP contribution in [0.2, 0.25) is 0 Å². The summed E-state index contributed by atoms with van der Waals surface area (Å²) in [7, 11) is 0. The average molecular weight is 359 g/mol. The maximum atomic E-state index is 4.69. The number of thiazole rings is 1. The summed E-state index contributed by atoms with van der Waals surface area (Å²) in [6, 6.07) is 0.666. The quantitative estimate of drug-likeness (QED) is 0.822. The Morgan fingerprint density at radius 2 is 1.80 bits per heavy atom. The van der Waals surface area contributed by atoms with Gasteiger partial charge in [-0.05, 0) is 51.6 Å². The van der Waals surface area contributed by atoms with Crippen molar-refractivity contribution >= 4 is 16.5 Å². The van der Waals surface area contributed by atoms with Crippen LogP contribution in [-0.4, -0.2) is 50.8 Å². The number of piperidine rings is 1. The van der Waals surface area contributed by atoms with E-state index in [0.29, 0.717) is 12.0 Å². The molecule has 134 valence electrons. The lowest BCUT2D eigenvalue weighted by Crippen LogP contribution is -2.33. The molecule has 2 aromatic rings. The summed E-state index contributed by atoms with van der Waals surface area (Å²) in [5.74, 6) is 3.02. The minimum atomic E-state index is 0.552. The maximum Gasteiger partial charge on any atom is 0.185 e. The van der Waals surface area contributed by atoms with Gasteiger partial charge in [-0.1, -0.05) is 0 Å². The minimum absolute atomic E-state index is 0.552. The van der Waals surface area contributed by atoms with Gasteiger partial charge < -0.3 is 9.47 Å². The molecule has 3 fully saturated rings. The maximum absolute atomic E-state index is 4.69. The number of rotatable bonds is 5. The van der Waals surface area contributed by atoms with Crippen LogP contribution < -0.4 is 4.90 Å².